The summed E-state index contributed by atoms with van der Waals surface area (Å²) in [5.41, 5.74) is 2.72. The van der Waals surface area contributed by atoms with Crippen molar-refractivity contribution in [3.63, 3.8) is 0 Å². The van der Waals surface area contributed by atoms with Crippen molar-refractivity contribution in [2.24, 2.45) is 0 Å². The lowest BCUT2D eigenvalue weighted by Gasteiger charge is -2.42. The summed E-state index contributed by atoms with van der Waals surface area (Å²) in [6, 6.07) is 21.1. The van der Waals surface area contributed by atoms with Crippen LogP contribution in [0.25, 0.3) is 22.3 Å². The second-order valence-corrected chi connectivity index (χ2v) is 15.1. The highest BCUT2D eigenvalue weighted by Crippen LogP contribution is 2.30. The summed E-state index contributed by atoms with van der Waals surface area (Å²) in [5.74, 6) is 0.461. The van der Waals surface area contributed by atoms with Gasteiger partial charge < -0.3 is 20.6 Å². The largest absolute Gasteiger partial charge is 0.465 e. The maximum absolute atomic E-state index is 13.2. The molecule has 1 aliphatic rings. The fourth-order valence-electron chi connectivity index (χ4n) is 6.46. The number of hydrogen-bond donors (Lipinski definition) is 3. The molecule has 5 aromatic rings. The molecule has 0 saturated heterocycles. The van der Waals surface area contributed by atoms with Crippen LogP contribution in [0.15, 0.2) is 96.4 Å². The number of nitrogens with one attached hydrogen (secondary N) is 2. The number of anilines is 2. The molecule has 0 atom stereocenters. The lowest BCUT2D eigenvalue weighted by Crippen LogP contribution is -2.53. The number of amides is 2. The second kappa shape index (κ2) is 13.7. The van der Waals surface area contributed by atoms with Crippen LogP contribution < -0.4 is 10.6 Å². The Morgan fingerprint density at radius 1 is 0.939 bits per heavy atom. The van der Waals surface area contributed by atoms with Gasteiger partial charge in [-0.3, -0.25) is 4.79 Å². The van der Waals surface area contributed by atoms with Gasteiger partial charge in [0, 0.05) is 52.7 Å². The summed E-state index contributed by atoms with van der Waals surface area (Å²) in [4.78, 5) is 39.8. The first kappa shape index (κ1) is 33.6. The van der Waals surface area contributed by atoms with Crippen LogP contribution in [-0.2, 0) is 21.2 Å². The fraction of sp³-hybridized carbons (Fsp3) is 0.306. The highest BCUT2D eigenvalue weighted by atomic mass is 32.2. The Labute approximate surface area is 285 Å². The lowest BCUT2D eigenvalue weighted by molar-refractivity contribution is -0.121. The first-order valence-electron chi connectivity index (χ1n) is 16.2. The first-order chi connectivity index (χ1) is 23.4. The molecule has 2 aromatic carbocycles. The van der Waals surface area contributed by atoms with Gasteiger partial charge in [0.25, 0.3) is 10.0 Å². The second-order valence-electron chi connectivity index (χ2n) is 13.3. The van der Waals surface area contributed by atoms with E-state index in [0.717, 1.165) is 24.1 Å². The molecule has 2 amide bonds. The number of carbonyl (C=O) groups is 2. The lowest BCUT2D eigenvalue weighted by atomic mass is 9.88. The Balaban J connectivity index is 1.08. The molecule has 1 saturated carbocycles. The quantitative estimate of drug-likeness (QED) is 0.164. The Bertz CT molecular complexity index is 2090. The van der Waals surface area contributed by atoms with Crippen LogP contribution in [0, 0.1) is 0 Å². The van der Waals surface area contributed by atoms with Crippen LogP contribution in [0.1, 0.15) is 52.0 Å². The van der Waals surface area contributed by atoms with Gasteiger partial charge in [-0.15, -0.1) is 0 Å². The smallest absolute Gasteiger partial charge is 0.407 e. The molecular formula is C36H39N7O5S. The van der Waals surface area contributed by atoms with E-state index in [1.807, 2.05) is 51.1 Å². The topological polar surface area (TPSA) is 159 Å². The van der Waals surface area contributed by atoms with E-state index in [1.54, 1.807) is 53.6 Å². The van der Waals surface area contributed by atoms with Crippen molar-refractivity contribution in [1.82, 2.24) is 29.1 Å². The van der Waals surface area contributed by atoms with Crippen molar-refractivity contribution in [3.8, 4) is 11.3 Å². The van der Waals surface area contributed by atoms with E-state index in [4.69, 9.17) is 0 Å². The molecule has 12 nitrogen and oxygen atoms in total. The third kappa shape index (κ3) is 7.56. The molecule has 13 heteroatoms. The van der Waals surface area contributed by atoms with Crippen molar-refractivity contribution in [3.05, 3.63) is 97.1 Å². The Morgan fingerprint density at radius 2 is 1.69 bits per heavy atom. The number of aromatic nitrogens is 4. The summed E-state index contributed by atoms with van der Waals surface area (Å²) in [7, 11) is -3.80. The van der Waals surface area contributed by atoms with Gasteiger partial charge in [0.15, 0.2) is 5.65 Å². The summed E-state index contributed by atoms with van der Waals surface area (Å²) < 4.78 is 27.5. The molecule has 3 N–H and O–H groups in total. The van der Waals surface area contributed by atoms with Crippen LogP contribution in [0.2, 0.25) is 0 Å². The maximum Gasteiger partial charge on any atom is 0.407 e. The highest BCUT2D eigenvalue weighted by Gasteiger charge is 2.35. The zero-order valence-electron chi connectivity index (χ0n) is 27.6. The fourth-order valence-corrected chi connectivity index (χ4v) is 7.79. The predicted molar refractivity (Wildman–Crippen MR) is 187 cm³/mol. The summed E-state index contributed by atoms with van der Waals surface area (Å²) >= 11 is 0. The summed E-state index contributed by atoms with van der Waals surface area (Å²) in [6.45, 7) is 5.72. The van der Waals surface area contributed by atoms with Gasteiger partial charge >= 0.3 is 6.09 Å². The molecule has 1 aliphatic carbocycles. The molecule has 0 aliphatic heterocycles. The van der Waals surface area contributed by atoms with Crippen LogP contribution in [0.5, 0.6) is 0 Å². The van der Waals surface area contributed by atoms with Gasteiger partial charge in [-0.1, -0.05) is 30.3 Å². The number of rotatable bonds is 9. The average Bonchev–Trinajstić information content (AvgIpc) is 3.50. The minimum absolute atomic E-state index is 0.0145. The average molecular weight is 682 g/mol. The number of carboxylic acid groups (broad SMARTS) is 1. The maximum atomic E-state index is 13.2. The van der Waals surface area contributed by atoms with Gasteiger partial charge in [-0.05, 0) is 88.4 Å². The third-order valence-corrected chi connectivity index (χ3v) is 10.4. The Hall–Kier alpha value is -5.30. The van der Waals surface area contributed by atoms with Gasteiger partial charge in [-0.25, -0.2) is 32.1 Å². The van der Waals surface area contributed by atoms with Gasteiger partial charge in [0.05, 0.1) is 17.0 Å². The molecule has 0 unspecified atom stereocenters. The SMILES string of the molecule is CC(C)(C)N(C(=O)O)C1CCC(NC(=O)Cc2cccc(Nc3cc(-c4cnc5c(ccn5S(=O)(=O)c5ccccc5)c4)ncn3)c2)CC1. The molecule has 0 spiro atoms. The molecule has 254 valence electrons. The molecule has 6 rings (SSSR count). The molecule has 1 fully saturated rings. The molecule has 49 heavy (non-hydrogen) atoms. The minimum atomic E-state index is -3.80. The first-order valence-corrected chi connectivity index (χ1v) is 17.6. The van der Waals surface area contributed by atoms with Crippen molar-refractivity contribution in [2.75, 3.05) is 5.32 Å². The van der Waals surface area contributed by atoms with E-state index in [1.165, 1.54) is 16.5 Å². The van der Waals surface area contributed by atoms with Crippen molar-refractivity contribution >= 4 is 44.6 Å². The van der Waals surface area contributed by atoms with Crippen LogP contribution in [0.4, 0.5) is 16.3 Å². The van der Waals surface area contributed by atoms with E-state index < -0.39 is 21.7 Å². The zero-order chi connectivity index (χ0) is 34.8. The summed E-state index contributed by atoms with van der Waals surface area (Å²) in [6.07, 6.45) is 6.71. The molecule has 3 aromatic heterocycles. The van der Waals surface area contributed by atoms with Crippen LogP contribution >= 0.6 is 0 Å². The van der Waals surface area contributed by atoms with Crippen molar-refractivity contribution < 1.29 is 23.1 Å². The molecule has 3 heterocycles. The molecule has 0 bridgehead atoms. The van der Waals surface area contributed by atoms with E-state index in [2.05, 4.69) is 25.6 Å². The number of hydrogen-bond acceptors (Lipinski definition) is 8. The minimum Gasteiger partial charge on any atom is -0.465 e. The predicted octanol–water partition coefficient (Wildman–Crippen LogP) is 6.22. The third-order valence-electron chi connectivity index (χ3n) is 8.68. The monoisotopic (exact) mass is 681 g/mol. The van der Waals surface area contributed by atoms with Gasteiger partial charge in [0.2, 0.25) is 5.91 Å². The normalized spacial score (nSPS) is 16.6. The number of fused-ring (bicyclic) bond motifs is 1. The number of carbonyl (C=O) groups excluding carboxylic acids is 1. The number of nitrogens with zero attached hydrogens (tertiary/aromatic N) is 5. The Kier molecular flexibility index (Phi) is 9.37. The van der Waals surface area contributed by atoms with Crippen LogP contribution in [0.3, 0.4) is 0 Å². The standard InChI is InChI=1S/C36H39N7O5S/c1-36(2,3)43(35(45)46)29-14-12-27(13-15-29)41-33(44)19-24-8-7-9-28(18-24)40-32-21-31(38-23-39-32)26-20-25-16-17-42(34(25)37-22-26)49(47,48)30-10-5-4-6-11-30/h4-11,16-18,20-23,27,29H,12-15,19H2,1-3H3,(H,41,44)(H,45,46)(H,38,39,40). The Morgan fingerprint density at radius 3 is 2.41 bits per heavy atom. The summed E-state index contributed by atoms with van der Waals surface area (Å²) in [5, 5.41) is 16.8. The van der Waals surface area contributed by atoms with E-state index >= 15 is 0 Å². The van der Waals surface area contributed by atoms with Gasteiger partial charge in [-0.2, -0.15) is 0 Å². The molecular weight excluding hydrogens is 643 g/mol. The van der Waals surface area contributed by atoms with Crippen molar-refractivity contribution in [2.45, 2.75) is 75.4 Å². The zero-order valence-corrected chi connectivity index (χ0v) is 28.4. The van der Waals surface area contributed by atoms with E-state index in [-0.39, 0.29) is 29.3 Å². The van der Waals surface area contributed by atoms with E-state index in [0.29, 0.717) is 41.0 Å². The van der Waals surface area contributed by atoms with E-state index in [9.17, 15) is 23.1 Å². The molecule has 0 radical (unpaired) electrons. The van der Waals surface area contributed by atoms with Crippen molar-refractivity contribution in [1.29, 1.82) is 0 Å². The number of pyridine rings is 1. The highest BCUT2D eigenvalue weighted by molar-refractivity contribution is 7.90. The van der Waals surface area contributed by atoms with Crippen LogP contribution in [-0.4, -0.2) is 67.0 Å². The number of benzene rings is 2. The van der Waals surface area contributed by atoms with Gasteiger partial charge in [0.1, 0.15) is 12.1 Å².